The van der Waals surface area contributed by atoms with Gasteiger partial charge in [-0.15, -0.1) is 0 Å². The van der Waals surface area contributed by atoms with Crippen molar-refractivity contribution in [3.05, 3.63) is 81.6 Å². The van der Waals surface area contributed by atoms with Crippen LogP contribution in [0, 0.1) is 12.8 Å². The summed E-state index contributed by atoms with van der Waals surface area (Å²) in [7, 11) is 0. The number of anilines is 1. The number of benzene rings is 1. The molecule has 8 nitrogen and oxygen atoms in total. The van der Waals surface area contributed by atoms with Crippen molar-refractivity contribution in [2.24, 2.45) is 5.92 Å². The largest absolute Gasteiger partial charge is 0.397 e. The summed E-state index contributed by atoms with van der Waals surface area (Å²) in [5.74, 6) is 0.752. The van der Waals surface area contributed by atoms with Crippen molar-refractivity contribution in [3.63, 3.8) is 0 Å². The first-order valence-corrected chi connectivity index (χ1v) is 12.1. The minimum atomic E-state index is -0.142. The average molecular weight is 491 g/mol. The van der Waals surface area contributed by atoms with Crippen LogP contribution in [0.2, 0.25) is 5.02 Å². The summed E-state index contributed by atoms with van der Waals surface area (Å²) in [6, 6.07) is 13.0. The second-order valence-electron chi connectivity index (χ2n) is 9.14. The minimum Gasteiger partial charge on any atom is -0.397 e. The van der Waals surface area contributed by atoms with E-state index < -0.39 is 0 Å². The van der Waals surface area contributed by atoms with E-state index in [0.29, 0.717) is 40.2 Å². The molecular weight excluding hydrogens is 464 g/mol. The Balaban J connectivity index is 1.30. The van der Waals surface area contributed by atoms with E-state index in [-0.39, 0.29) is 17.6 Å². The van der Waals surface area contributed by atoms with Crippen molar-refractivity contribution in [2.75, 3.05) is 5.73 Å². The van der Waals surface area contributed by atoms with Gasteiger partial charge in [0.1, 0.15) is 5.82 Å². The number of fused-ring (bicyclic) bond motifs is 1. The van der Waals surface area contributed by atoms with Gasteiger partial charge in [-0.2, -0.15) is 0 Å². The number of hydrogen-bond donors (Lipinski definition) is 2. The maximum Gasteiger partial charge on any atom is 0.334 e. The number of amides is 1. The Bertz CT molecular complexity index is 1430. The van der Waals surface area contributed by atoms with E-state index in [1.54, 1.807) is 42.1 Å². The molecule has 0 atom stereocenters. The number of nitrogens with two attached hydrogens (primary N) is 1. The highest BCUT2D eigenvalue weighted by molar-refractivity contribution is 6.30. The fourth-order valence-electron chi connectivity index (χ4n) is 4.88. The number of para-hydroxylation sites is 2. The van der Waals surface area contributed by atoms with Crippen LogP contribution in [0.4, 0.5) is 5.69 Å². The number of pyridine rings is 2. The van der Waals surface area contributed by atoms with Crippen LogP contribution >= 0.6 is 11.6 Å². The SMILES string of the molecule is Cc1ncc(Cl)cc1C(=O)N[C@H]1CC[C@H](Cn2c(=O)n(-c3ccc(N)cn3)c3ccccc32)CC1. The summed E-state index contributed by atoms with van der Waals surface area (Å²) in [6.45, 7) is 2.43. The quantitative estimate of drug-likeness (QED) is 0.437. The van der Waals surface area contributed by atoms with Crippen LogP contribution in [0.15, 0.2) is 59.7 Å². The second kappa shape index (κ2) is 9.54. The lowest BCUT2D eigenvalue weighted by molar-refractivity contribution is 0.0919. The molecule has 0 spiro atoms. The van der Waals surface area contributed by atoms with Crippen LogP contribution in [0.1, 0.15) is 41.7 Å². The lowest BCUT2D eigenvalue weighted by Crippen LogP contribution is -2.39. The Kier molecular flexibility index (Phi) is 6.30. The topological polar surface area (TPSA) is 108 Å². The zero-order valence-electron chi connectivity index (χ0n) is 19.4. The summed E-state index contributed by atoms with van der Waals surface area (Å²) in [5, 5.41) is 3.58. The second-order valence-corrected chi connectivity index (χ2v) is 9.58. The predicted octanol–water partition coefficient (Wildman–Crippen LogP) is 4.12. The smallest absolute Gasteiger partial charge is 0.334 e. The zero-order valence-corrected chi connectivity index (χ0v) is 20.2. The molecule has 1 aliphatic rings. The normalized spacial score (nSPS) is 18.0. The molecule has 3 aromatic heterocycles. The molecule has 1 saturated carbocycles. The number of nitrogen functional groups attached to an aromatic ring is 1. The van der Waals surface area contributed by atoms with E-state index in [0.717, 1.165) is 36.7 Å². The summed E-state index contributed by atoms with van der Waals surface area (Å²) < 4.78 is 3.49. The molecule has 0 bridgehead atoms. The molecule has 0 aliphatic heterocycles. The van der Waals surface area contributed by atoms with Crippen LogP contribution in [0.3, 0.4) is 0 Å². The van der Waals surface area contributed by atoms with Crippen molar-refractivity contribution in [1.82, 2.24) is 24.4 Å². The number of imidazole rings is 1. The van der Waals surface area contributed by atoms with E-state index in [1.165, 1.54) is 0 Å². The fraction of sp³-hybridized carbons (Fsp3) is 0.308. The standard InChI is InChI=1S/C26H27ClN6O2/c1-16-21(12-18(27)13-29-16)25(34)31-20-9-6-17(7-10-20)15-32-22-4-2-3-5-23(22)33(26(32)35)24-11-8-19(28)14-30-24/h2-5,8,11-14,17,20H,6-7,9-10,15,28H2,1H3,(H,31,34)/t17-,20-. The number of aromatic nitrogens is 4. The van der Waals surface area contributed by atoms with E-state index in [9.17, 15) is 9.59 Å². The maximum absolute atomic E-state index is 13.5. The van der Waals surface area contributed by atoms with Gasteiger partial charge in [0.05, 0.1) is 39.2 Å². The fourth-order valence-corrected chi connectivity index (χ4v) is 5.04. The lowest BCUT2D eigenvalue weighted by Gasteiger charge is -2.29. The number of carbonyl (C=O) groups excluding carboxylic acids is 1. The van der Waals surface area contributed by atoms with E-state index >= 15 is 0 Å². The number of halogens is 1. The molecule has 0 radical (unpaired) electrons. The third kappa shape index (κ3) is 4.66. The van der Waals surface area contributed by atoms with Gasteiger partial charge >= 0.3 is 5.69 Å². The van der Waals surface area contributed by atoms with Crippen molar-refractivity contribution in [3.8, 4) is 5.82 Å². The number of rotatable bonds is 5. The van der Waals surface area contributed by atoms with Gasteiger partial charge in [0.25, 0.3) is 5.91 Å². The lowest BCUT2D eigenvalue weighted by atomic mass is 9.85. The van der Waals surface area contributed by atoms with Gasteiger partial charge in [-0.25, -0.2) is 14.3 Å². The Labute approximate surface area is 207 Å². The van der Waals surface area contributed by atoms with Crippen LogP contribution in [0.25, 0.3) is 16.9 Å². The zero-order chi connectivity index (χ0) is 24.5. The van der Waals surface area contributed by atoms with E-state index in [2.05, 4.69) is 15.3 Å². The first-order valence-electron chi connectivity index (χ1n) is 11.8. The molecule has 0 saturated heterocycles. The van der Waals surface area contributed by atoms with Gasteiger partial charge in [-0.1, -0.05) is 23.7 Å². The number of aryl methyl sites for hydroxylation is 1. The van der Waals surface area contributed by atoms with Gasteiger partial charge in [0, 0.05) is 18.8 Å². The molecule has 35 heavy (non-hydrogen) atoms. The minimum absolute atomic E-state index is 0.0918. The molecule has 180 valence electrons. The summed E-state index contributed by atoms with van der Waals surface area (Å²) in [6.07, 6.45) is 6.66. The molecule has 1 aromatic carbocycles. The Hall–Kier alpha value is -3.65. The molecule has 5 rings (SSSR count). The number of nitrogens with zero attached hydrogens (tertiary/aromatic N) is 4. The van der Waals surface area contributed by atoms with E-state index in [4.69, 9.17) is 17.3 Å². The first kappa shape index (κ1) is 23.1. The Morgan fingerprint density at radius 1 is 1.09 bits per heavy atom. The predicted molar refractivity (Wildman–Crippen MR) is 137 cm³/mol. The van der Waals surface area contributed by atoms with Gasteiger partial charge in [0.15, 0.2) is 0 Å². The molecule has 3 N–H and O–H groups in total. The van der Waals surface area contributed by atoms with Crippen LogP contribution in [-0.4, -0.2) is 31.1 Å². The molecule has 4 aromatic rings. The van der Waals surface area contributed by atoms with Gasteiger partial charge in [-0.3, -0.25) is 14.3 Å². The van der Waals surface area contributed by atoms with Crippen molar-refractivity contribution < 1.29 is 4.79 Å². The van der Waals surface area contributed by atoms with Gasteiger partial charge < -0.3 is 11.1 Å². The van der Waals surface area contributed by atoms with Gasteiger partial charge in [0.2, 0.25) is 0 Å². The third-order valence-electron chi connectivity index (χ3n) is 6.76. The van der Waals surface area contributed by atoms with Crippen LogP contribution in [0.5, 0.6) is 0 Å². The van der Waals surface area contributed by atoms with Crippen molar-refractivity contribution in [2.45, 2.75) is 45.2 Å². The van der Waals surface area contributed by atoms with Crippen molar-refractivity contribution in [1.29, 1.82) is 0 Å². The Morgan fingerprint density at radius 3 is 2.54 bits per heavy atom. The maximum atomic E-state index is 13.5. The number of hydrogen-bond acceptors (Lipinski definition) is 5. The molecule has 1 fully saturated rings. The highest BCUT2D eigenvalue weighted by Crippen LogP contribution is 2.27. The van der Waals surface area contributed by atoms with Gasteiger partial charge in [-0.05, 0) is 68.9 Å². The molecule has 0 unspecified atom stereocenters. The molecule has 1 amide bonds. The monoisotopic (exact) mass is 490 g/mol. The van der Waals surface area contributed by atoms with Crippen LogP contribution in [-0.2, 0) is 6.54 Å². The molecule has 3 heterocycles. The third-order valence-corrected chi connectivity index (χ3v) is 6.96. The first-order chi connectivity index (χ1) is 16.9. The molecule has 1 aliphatic carbocycles. The summed E-state index contributed by atoms with van der Waals surface area (Å²) >= 11 is 6.02. The van der Waals surface area contributed by atoms with Crippen molar-refractivity contribution >= 4 is 34.2 Å². The van der Waals surface area contributed by atoms with E-state index in [1.807, 2.05) is 28.8 Å². The average Bonchev–Trinajstić information content (AvgIpc) is 3.13. The Morgan fingerprint density at radius 2 is 1.83 bits per heavy atom. The number of carbonyl (C=O) groups is 1. The summed E-state index contributed by atoms with van der Waals surface area (Å²) in [5.41, 5.74) is 9.10. The highest BCUT2D eigenvalue weighted by Gasteiger charge is 2.25. The molecular formula is C26H27ClN6O2. The number of nitrogens with one attached hydrogen (secondary N) is 1. The van der Waals surface area contributed by atoms with Crippen LogP contribution < -0.4 is 16.7 Å². The summed E-state index contributed by atoms with van der Waals surface area (Å²) in [4.78, 5) is 34.7. The highest BCUT2D eigenvalue weighted by atomic mass is 35.5. The molecule has 9 heteroatoms.